The molecule has 1 aliphatic heterocycles. The molecule has 2 N–H and O–H groups in total. The van der Waals surface area contributed by atoms with Crippen molar-refractivity contribution >= 4 is 44.6 Å². The van der Waals surface area contributed by atoms with Crippen molar-refractivity contribution in [1.82, 2.24) is 23.7 Å². The molecule has 3 rings (SSSR count). The number of carbonyl (C=O) groups is 2. The predicted octanol–water partition coefficient (Wildman–Crippen LogP) is 1.12. The molecule has 29 heavy (non-hydrogen) atoms. The van der Waals surface area contributed by atoms with Crippen LogP contribution in [0.15, 0.2) is 23.1 Å². The second-order valence-electron chi connectivity index (χ2n) is 7.46. The molecule has 1 fully saturated rings. The van der Waals surface area contributed by atoms with E-state index < -0.39 is 16.1 Å². The Bertz CT molecular complexity index is 997. The number of sulfonamides is 1. The van der Waals surface area contributed by atoms with Crippen LogP contribution in [-0.2, 0) is 19.6 Å². The van der Waals surface area contributed by atoms with Gasteiger partial charge in [0.2, 0.25) is 21.8 Å². The van der Waals surface area contributed by atoms with Gasteiger partial charge in [-0.2, -0.15) is 13.1 Å². The standard InChI is InChI=1S/C18H25N5O4S2/c1-11(2)19-17(24)12(3)20-18(25)13-7-9-23(10-8-13)29(26,27)15-6-4-5-14-16(15)22-28-21-14/h4-6,11-13H,7-10H2,1-3H3,(H,19,24)(H,20,25)/t12-/m1/s1. The molecule has 1 aromatic carbocycles. The zero-order valence-corrected chi connectivity index (χ0v) is 18.2. The number of benzene rings is 1. The summed E-state index contributed by atoms with van der Waals surface area (Å²) in [5, 5.41) is 5.48. The second-order valence-corrected chi connectivity index (χ2v) is 9.89. The number of rotatable bonds is 6. The van der Waals surface area contributed by atoms with Gasteiger partial charge in [0.05, 0.1) is 11.7 Å². The van der Waals surface area contributed by atoms with Gasteiger partial charge in [-0.15, -0.1) is 0 Å². The van der Waals surface area contributed by atoms with Gasteiger partial charge in [-0.25, -0.2) is 8.42 Å². The van der Waals surface area contributed by atoms with Crippen LogP contribution < -0.4 is 10.6 Å². The largest absolute Gasteiger partial charge is 0.352 e. The minimum atomic E-state index is -3.72. The molecule has 9 nitrogen and oxygen atoms in total. The van der Waals surface area contributed by atoms with Crippen LogP contribution in [0.2, 0.25) is 0 Å². The van der Waals surface area contributed by atoms with Crippen LogP contribution in [0.4, 0.5) is 0 Å². The third-order valence-corrected chi connectivity index (χ3v) is 7.35. The molecule has 1 atom stereocenters. The summed E-state index contributed by atoms with van der Waals surface area (Å²) in [6.45, 7) is 5.81. The normalized spacial score (nSPS) is 17.4. The van der Waals surface area contributed by atoms with Crippen molar-refractivity contribution in [2.75, 3.05) is 13.1 Å². The van der Waals surface area contributed by atoms with E-state index in [1.165, 1.54) is 10.4 Å². The van der Waals surface area contributed by atoms with Crippen LogP contribution in [0, 0.1) is 5.92 Å². The van der Waals surface area contributed by atoms with Gasteiger partial charge in [0, 0.05) is 25.0 Å². The maximum absolute atomic E-state index is 13.1. The van der Waals surface area contributed by atoms with Crippen LogP contribution in [-0.4, -0.2) is 58.5 Å². The Labute approximate surface area is 174 Å². The minimum absolute atomic E-state index is 0.00679. The molecule has 0 spiro atoms. The summed E-state index contributed by atoms with van der Waals surface area (Å²) in [4.78, 5) is 24.6. The van der Waals surface area contributed by atoms with Crippen molar-refractivity contribution in [1.29, 1.82) is 0 Å². The molecule has 158 valence electrons. The van der Waals surface area contributed by atoms with Gasteiger partial charge >= 0.3 is 0 Å². The van der Waals surface area contributed by atoms with Crippen molar-refractivity contribution in [2.45, 2.75) is 50.6 Å². The quantitative estimate of drug-likeness (QED) is 0.696. The van der Waals surface area contributed by atoms with Gasteiger partial charge in [0.1, 0.15) is 22.0 Å². The number of amides is 2. The Balaban J connectivity index is 1.62. The van der Waals surface area contributed by atoms with Crippen molar-refractivity contribution in [3.05, 3.63) is 18.2 Å². The Kier molecular flexibility index (Phi) is 6.49. The highest BCUT2D eigenvalue weighted by Gasteiger charge is 2.34. The molecule has 1 aliphatic rings. The molecule has 0 aliphatic carbocycles. The summed E-state index contributed by atoms with van der Waals surface area (Å²) in [7, 11) is -3.72. The lowest BCUT2D eigenvalue weighted by molar-refractivity contribution is -0.131. The minimum Gasteiger partial charge on any atom is -0.352 e. The number of nitrogens with zero attached hydrogens (tertiary/aromatic N) is 3. The molecule has 0 radical (unpaired) electrons. The highest BCUT2D eigenvalue weighted by Crippen LogP contribution is 2.28. The van der Waals surface area contributed by atoms with E-state index in [-0.39, 0.29) is 41.8 Å². The van der Waals surface area contributed by atoms with Crippen molar-refractivity contribution in [3.63, 3.8) is 0 Å². The summed E-state index contributed by atoms with van der Waals surface area (Å²) in [5.74, 6) is -0.787. The Morgan fingerprint density at radius 3 is 2.48 bits per heavy atom. The predicted molar refractivity (Wildman–Crippen MR) is 110 cm³/mol. The van der Waals surface area contributed by atoms with E-state index in [9.17, 15) is 18.0 Å². The fourth-order valence-corrected chi connectivity index (χ4v) is 5.52. The maximum atomic E-state index is 13.1. The Morgan fingerprint density at radius 2 is 1.83 bits per heavy atom. The number of nitrogens with one attached hydrogen (secondary N) is 2. The molecule has 0 unspecified atom stereocenters. The smallest absolute Gasteiger partial charge is 0.245 e. The van der Waals surface area contributed by atoms with Gasteiger partial charge in [-0.1, -0.05) is 6.07 Å². The van der Waals surface area contributed by atoms with Crippen molar-refractivity contribution in [3.8, 4) is 0 Å². The van der Waals surface area contributed by atoms with E-state index >= 15 is 0 Å². The molecule has 11 heteroatoms. The molecule has 0 bridgehead atoms. The van der Waals surface area contributed by atoms with Crippen LogP contribution in [0.1, 0.15) is 33.6 Å². The summed E-state index contributed by atoms with van der Waals surface area (Å²) in [5.41, 5.74) is 0.932. The number of fused-ring (bicyclic) bond motifs is 1. The first-order chi connectivity index (χ1) is 13.7. The number of hydrogen-bond acceptors (Lipinski definition) is 7. The molecule has 2 amide bonds. The topological polar surface area (TPSA) is 121 Å². The monoisotopic (exact) mass is 439 g/mol. The van der Waals surface area contributed by atoms with E-state index in [0.29, 0.717) is 23.9 Å². The van der Waals surface area contributed by atoms with Crippen LogP contribution in [0.3, 0.4) is 0 Å². The number of hydrogen-bond donors (Lipinski definition) is 2. The van der Waals surface area contributed by atoms with Gasteiger partial charge in [0.25, 0.3) is 0 Å². The van der Waals surface area contributed by atoms with Gasteiger partial charge in [0.15, 0.2) is 0 Å². The van der Waals surface area contributed by atoms with E-state index in [0.717, 1.165) is 11.7 Å². The Morgan fingerprint density at radius 1 is 1.14 bits per heavy atom. The third-order valence-electron chi connectivity index (χ3n) is 4.87. The highest BCUT2D eigenvalue weighted by atomic mass is 32.2. The molecular formula is C18H25N5O4S2. The molecule has 0 saturated carbocycles. The zero-order chi connectivity index (χ0) is 21.2. The SMILES string of the molecule is CC(C)NC(=O)[C@@H](C)NC(=O)C1CCN(S(=O)(=O)c2cccc3nsnc23)CC1. The Hall–Kier alpha value is -2.11. The van der Waals surface area contributed by atoms with E-state index in [2.05, 4.69) is 19.4 Å². The lowest BCUT2D eigenvalue weighted by Crippen LogP contribution is -2.50. The second kappa shape index (κ2) is 8.72. The van der Waals surface area contributed by atoms with Gasteiger partial charge < -0.3 is 10.6 Å². The number of carbonyl (C=O) groups excluding carboxylic acids is 2. The first-order valence-corrected chi connectivity index (χ1v) is 11.7. The van der Waals surface area contributed by atoms with Crippen LogP contribution in [0.5, 0.6) is 0 Å². The molecule has 2 heterocycles. The van der Waals surface area contributed by atoms with E-state index in [1.54, 1.807) is 19.1 Å². The van der Waals surface area contributed by atoms with Gasteiger partial charge in [-0.3, -0.25) is 9.59 Å². The lowest BCUT2D eigenvalue weighted by atomic mass is 9.97. The van der Waals surface area contributed by atoms with Crippen LogP contribution >= 0.6 is 11.7 Å². The highest BCUT2D eigenvalue weighted by molar-refractivity contribution is 7.89. The van der Waals surface area contributed by atoms with E-state index in [4.69, 9.17) is 0 Å². The fraction of sp³-hybridized carbons (Fsp3) is 0.556. The summed E-state index contributed by atoms with van der Waals surface area (Å²) < 4.78 is 35.7. The lowest BCUT2D eigenvalue weighted by Gasteiger charge is -2.31. The first kappa shape index (κ1) is 21.6. The molecule has 2 aromatic rings. The first-order valence-electron chi connectivity index (χ1n) is 9.52. The average Bonchev–Trinajstić information content (AvgIpc) is 3.16. The fourth-order valence-electron chi connectivity index (χ4n) is 3.29. The summed E-state index contributed by atoms with van der Waals surface area (Å²) in [6, 6.07) is 4.27. The summed E-state index contributed by atoms with van der Waals surface area (Å²) in [6.07, 6.45) is 0.795. The van der Waals surface area contributed by atoms with Crippen molar-refractivity contribution in [2.24, 2.45) is 5.92 Å². The average molecular weight is 440 g/mol. The molecule has 1 aromatic heterocycles. The number of piperidine rings is 1. The molecule has 1 saturated heterocycles. The maximum Gasteiger partial charge on any atom is 0.245 e. The van der Waals surface area contributed by atoms with Gasteiger partial charge in [-0.05, 0) is 45.7 Å². The van der Waals surface area contributed by atoms with E-state index in [1.807, 2.05) is 13.8 Å². The summed E-state index contributed by atoms with van der Waals surface area (Å²) >= 11 is 0.977. The van der Waals surface area contributed by atoms with Crippen LogP contribution in [0.25, 0.3) is 11.0 Å². The van der Waals surface area contributed by atoms with Crippen molar-refractivity contribution < 1.29 is 18.0 Å². The third kappa shape index (κ3) is 4.73. The zero-order valence-electron chi connectivity index (χ0n) is 16.6. The number of aromatic nitrogens is 2. The molecular weight excluding hydrogens is 414 g/mol.